The van der Waals surface area contributed by atoms with Crippen LogP contribution in [0.25, 0.3) is 0 Å². The van der Waals surface area contributed by atoms with E-state index < -0.39 is 10.0 Å². The largest absolute Gasteiger partial charge is 0.492 e. The van der Waals surface area contributed by atoms with Crippen molar-refractivity contribution >= 4 is 21.6 Å². The van der Waals surface area contributed by atoms with E-state index in [-0.39, 0.29) is 10.9 Å². The van der Waals surface area contributed by atoms with E-state index >= 15 is 0 Å². The van der Waals surface area contributed by atoms with Crippen LogP contribution in [0.5, 0.6) is 5.75 Å². The quantitative estimate of drug-likeness (QED) is 0.692. The number of ether oxygens (including phenoxy) is 1. The standard InChI is InChI=1S/C14H22ClNO3S/c1-4-5-12(2)16(3)20(17,18)14-8-6-13(7-9-14)19-11-10-15/h6-9,12H,4-5,10-11H2,1-3H3. The Morgan fingerprint density at radius 1 is 1.30 bits per heavy atom. The van der Waals surface area contributed by atoms with E-state index in [0.717, 1.165) is 12.8 Å². The van der Waals surface area contributed by atoms with E-state index in [9.17, 15) is 8.42 Å². The third-order valence-corrected chi connectivity index (χ3v) is 5.31. The van der Waals surface area contributed by atoms with Gasteiger partial charge in [-0.3, -0.25) is 0 Å². The van der Waals surface area contributed by atoms with Gasteiger partial charge < -0.3 is 4.74 Å². The molecule has 0 radical (unpaired) electrons. The van der Waals surface area contributed by atoms with E-state index in [1.807, 2.05) is 13.8 Å². The molecule has 4 nitrogen and oxygen atoms in total. The Hall–Kier alpha value is -0.780. The van der Waals surface area contributed by atoms with E-state index in [1.165, 1.54) is 4.31 Å². The molecular formula is C14H22ClNO3S. The van der Waals surface area contributed by atoms with E-state index in [1.54, 1.807) is 31.3 Å². The summed E-state index contributed by atoms with van der Waals surface area (Å²) in [4.78, 5) is 0.279. The van der Waals surface area contributed by atoms with Crippen molar-refractivity contribution in [2.45, 2.75) is 37.6 Å². The molecule has 114 valence electrons. The zero-order chi connectivity index (χ0) is 15.2. The van der Waals surface area contributed by atoms with E-state index in [0.29, 0.717) is 18.2 Å². The van der Waals surface area contributed by atoms with Crippen LogP contribution in [0.15, 0.2) is 29.2 Å². The van der Waals surface area contributed by atoms with E-state index in [4.69, 9.17) is 16.3 Å². The molecule has 0 saturated carbocycles. The number of rotatable bonds is 8. The van der Waals surface area contributed by atoms with Gasteiger partial charge in [0, 0.05) is 13.1 Å². The second-order valence-corrected chi connectivity index (χ2v) is 7.04. The Bertz CT molecular complexity index is 502. The molecule has 1 unspecified atom stereocenters. The van der Waals surface area contributed by atoms with Gasteiger partial charge in [0.25, 0.3) is 0 Å². The molecule has 0 amide bonds. The SMILES string of the molecule is CCCC(C)N(C)S(=O)(=O)c1ccc(OCCCl)cc1. The first-order chi connectivity index (χ1) is 9.43. The fourth-order valence-electron chi connectivity index (χ4n) is 1.87. The lowest BCUT2D eigenvalue weighted by Crippen LogP contribution is -2.34. The van der Waals surface area contributed by atoms with Gasteiger partial charge in [-0.25, -0.2) is 8.42 Å². The van der Waals surface area contributed by atoms with Crippen molar-refractivity contribution in [1.82, 2.24) is 4.31 Å². The first kappa shape index (κ1) is 17.3. The average molecular weight is 320 g/mol. The smallest absolute Gasteiger partial charge is 0.243 e. The van der Waals surface area contributed by atoms with Gasteiger partial charge in [0.1, 0.15) is 12.4 Å². The van der Waals surface area contributed by atoms with Crippen LogP contribution in [0.2, 0.25) is 0 Å². The fraction of sp³-hybridized carbons (Fsp3) is 0.571. The van der Waals surface area contributed by atoms with Crippen LogP contribution < -0.4 is 4.74 Å². The van der Waals surface area contributed by atoms with Crippen molar-refractivity contribution in [3.63, 3.8) is 0 Å². The summed E-state index contributed by atoms with van der Waals surface area (Å²) in [5, 5.41) is 0. The lowest BCUT2D eigenvalue weighted by molar-refractivity contribution is 0.342. The molecule has 0 spiro atoms. The fourth-order valence-corrected chi connectivity index (χ4v) is 3.34. The molecule has 0 aliphatic rings. The first-order valence-corrected chi connectivity index (χ1v) is 8.67. The van der Waals surface area contributed by atoms with Crippen LogP contribution >= 0.6 is 11.6 Å². The van der Waals surface area contributed by atoms with Crippen LogP contribution in [-0.4, -0.2) is 38.3 Å². The number of hydrogen-bond donors (Lipinski definition) is 0. The molecule has 1 rings (SSSR count). The van der Waals surface area contributed by atoms with Crippen molar-refractivity contribution in [1.29, 1.82) is 0 Å². The van der Waals surface area contributed by atoms with Gasteiger partial charge in [-0.2, -0.15) is 4.31 Å². The maximum absolute atomic E-state index is 12.4. The van der Waals surface area contributed by atoms with Crippen molar-refractivity contribution in [3.8, 4) is 5.75 Å². The molecule has 1 aromatic rings. The Morgan fingerprint density at radius 2 is 1.90 bits per heavy atom. The third kappa shape index (κ3) is 4.36. The average Bonchev–Trinajstić information content (AvgIpc) is 2.45. The van der Waals surface area contributed by atoms with Crippen LogP contribution in [0.4, 0.5) is 0 Å². The van der Waals surface area contributed by atoms with E-state index in [2.05, 4.69) is 0 Å². The molecule has 20 heavy (non-hydrogen) atoms. The zero-order valence-electron chi connectivity index (χ0n) is 12.2. The van der Waals surface area contributed by atoms with Crippen molar-refractivity contribution in [2.75, 3.05) is 19.5 Å². The van der Waals surface area contributed by atoms with Gasteiger partial charge in [0.05, 0.1) is 10.8 Å². The van der Waals surface area contributed by atoms with Gasteiger partial charge in [-0.1, -0.05) is 13.3 Å². The molecule has 0 saturated heterocycles. The molecule has 0 fully saturated rings. The summed E-state index contributed by atoms with van der Waals surface area (Å²) >= 11 is 5.53. The Balaban J connectivity index is 2.87. The van der Waals surface area contributed by atoms with Crippen molar-refractivity contribution in [2.24, 2.45) is 0 Å². The van der Waals surface area contributed by atoms with Gasteiger partial charge >= 0.3 is 0 Å². The van der Waals surface area contributed by atoms with Gasteiger partial charge in [0.15, 0.2) is 0 Å². The minimum absolute atomic E-state index is 0.0165. The van der Waals surface area contributed by atoms with Crippen LogP contribution in [-0.2, 0) is 10.0 Å². The monoisotopic (exact) mass is 319 g/mol. The Kier molecular flexibility index (Phi) is 6.79. The number of hydrogen-bond acceptors (Lipinski definition) is 3. The molecule has 0 aromatic heterocycles. The first-order valence-electron chi connectivity index (χ1n) is 6.70. The number of halogens is 1. The summed E-state index contributed by atoms with van der Waals surface area (Å²) in [6.45, 7) is 4.36. The van der Waals surface area contributed by atoms with Crippen molar-refractivity contribution < 1.29 is 13.2 Å². The minimum Gasteiger partial charge on any atom is -0.492 e. The summed E-state index contributed by atoms with van der Waals surface area (Å²) < 4.78 is 31.6. The molecule has 0 aliphatic heterocycles. The maximum atomic E-state index is 12.4. The highest BCUT2D eigenvalue weighted by atomic mass is 35.5. The Labute approximate surface area is 126 Å². The highest BCUT2D eigenvalue weighted by Gasteiger charge is 2.24. The normalized spacial score (nSPS) is 13.4. The highest BCUT2D eigenvalue weighted by molar-refractivity contribution is 7.89. The van der Waals surface area contributed by atoms with Gasteiger partial charge in [-0.15, -0.1) is 11.6 Å². The third-order valence-electron chi connectivity index (χ3n) is 3.17. The molecular weight excluding hydrogens is 298 g/mol. The summed E-state index contributed by atoms with van der Waals surface area (Å²) in [7, 11) is -1.83. The van der Waals surface area contributed by atoms with Crippen LogP contribution in [0, 0.1) is 0 Å². The predicted molar refractivity (Wildman–Crippen MR) is 82.0 cm³/mol. The molecule has 0 bridgehead atoms. The van der Waals surface area contributed by atoms with Crippen LogP contribution in [0.3, 0.4) is 0 Å². The van der Waals surface area contributed by atoms with Crippen LogP contribution in [0.1, 0.15) is 26.7 Å². The maximum Gasteiger partial charge on any atom is 0.243 e. The molecule has 1 atom stereocenters. The number of benzene rings is 1. The molecule has 0 N–H and O–H groups in total. The van der Waals surface area contributed by atoms with Gasteiger partial charge in [0.2, 0.25) is 10.0 Å². The van der Waals surface area contributed by atoms with Crippen molar-refractivity contribution in [3.05, 3.63) is 24.3 Å². The number of alkyl halides is 1. The number of sulfonamides is 1. The van der Waals surface area contributed by atoms with Gasteiger partial charge in [-0.05, 0) is 37.6 Å². The minimum atomic E-state index is -3.45. The molecule has 6 heteroatoms. The lowest BCUT2D eigenvalue weighted by Gasteiger charge is -2.24. The predicted octanol–water partition coefficient (Wildman–Crippen LogP) is 3.11. The number of nitrogens with zero attached hydrogens (tertiary/aromatic N) is 1. The summed E-state index contributed by atoms with van der Waals surface area (Å²) in [6, 6.07) is 6.41. The molecule has 1 aromatic carbocycles. The molecule has 0 aliphatic carbocycles. The zero-order valence-corrected chi connectivity index (χ0v) is 13.7. The second kappa shape index (κ2) is 7.86. The highest BCUT2D eigenvalue weighted by Crippen LogP contribution is 2.21. The summed E-state index contributed by atoms with van der Waals surface area (Å²) in [6.07, 6.45) is 1.79. The summed E-state index contributed by atoms with van der Waals surface area (Å²) in [5.41, 5.74) is 0. The Morgan fingerprint density at radius 3 is 2.40 bits per heavy atom. The summed E-state index contributed by atoms with van der Waals surface area (Å²) in [5.74, 6) is 1.02. The molecule has 0 heterocycles. The topological polar surface area (TPSA) is 46.6 Å². The second-order valence-electron chi connectivity index (χ2n) is 4.67. The lowest BCUT2D eigenvalue weighted by atomic mass is 10.2.